The predicted molar refractivity (Wildman–Crippen MR) is 94.7 cm³/mol. The van der Waals surface area contributed by atoms with Crippen molar-refractivity contribution in [3.05, 3.63) is 31.5 Å². The summed E-state index contributed by atoms with van der Waals surface area (Å²) in [6.07, 6.45) is -12.2. The van der Waals surface area contributed by atoms with Crippen molar-refractivity contribution in [2.45, 2.75) is 55.2 Å². The first-order valence-corrected chi connectivity index (χ1v) is 9.40. The number of hydrogen-bond donors (Lipinski definition) is 7. The molecular weight excluding hydrogens is 464 g/mol. The highest BCUT2D eigenvalue weighted by molar-refractivity contribution is 9.10. The zero-order valence-corrected chi connectivity index (χ0v) is 16.3. The molecule has 0 radical (unpaired) electrons. The molecule has 2 fully saturated rings. The molecule has 14 heteroatoms. The molecule has 0 spiro atoms. The van der Waals surface area contributed by atoms with Crippen molar-refractivity contribution in [3.63, 3.8) is 0 Å². The van der Waals surface area contributed by atoms with Gasteiger partial charge in [0.2, 0.25) is 0 Å². The van der Waals surface area contributed by atoms with Crippen LogP contribution in [0.2, 0.25) is 0 Å². The normalized spacial score (nSPS) is 40.3. The van der Waals surface area contributed by atoms with Crippen LogP contribution < -0.4 is 11.2 Å². The zero-order chi connectivity index (χ0) is 21.5. The zero-order valence-electron chi connectivity index (χ0n) is 14.7. The molecule has 0 aliphatic carbocycles. The third-order valence-corrected chi connectivity index (χ3v) is 5.39. The molecule has 1 aromatic heterocycles. The number of H-pyrrole nitrogens is 1. The molecule has 9 atom stereocenters. The standard InChI is InChI=1S/C15H21BrN2O11/c16-4-1-18(15(26)17-12(4)25)13-10(24)11(6(3-20)27-13)29-14-9(23)8(22)7(21)5(2-19)28-14/h1,5-11,13-14,19-24H,2-3H2,(H,17,25,26)/t5-,6-,7-,8+,9-,10-,11+,13+,14-/m0/s1. The van der Waals surface area contributed by atoms with Gasteiger partial charge in [-0.15, -0.1) is 0 Å². The van der Waals surface area contributed by atoms with Crippen molar-refractivity contribution in [3.8, 4) is 0 Å². The van der Waals surface area contributed by atoms with Gasteiger partial charge in [0.25, 0.3) is 5.56 Å². The lowest BCUT2D eigenvalue weighted by Crippen LogP contribution is -2.60. The van der Waals surface area contributed by atoms with E-state index in [4.69, 9.17) is 14.2 Å². The van der Waals surface area contributed by atoms with Crippen LogP contribution in [-0.4, -0.2) is 102 Å². The number of nitrogens with zero attached hydrogens (tertiary/aromatic N) is 1. The van der Waals surface area contributed by atoms with E-state index in [1.807, 2.05) is 4.98 Å². The number of hydrogen-bond acceptors (Lipinski definition) is 11. The molecule has 2 saturated heterocycles. The van der Waals surface area contributed by atoms with Gasteiger partial charge < -0.3 is 44.8 Å². The highest BCUT2D eigenvalue weighted by Gasteiger charge is 2.51. The Bertz CT molecular complexity index is 829. The van der Waals surface area contributed by atoms with E-state index < -0.39 is 79.7 Å². The van der Waals surface area contributed by atoms with Crippen molar-refractivity contribution >= 4 is 15.9 Å². The lowest BCUT2D eigenvalue weighted by molar-refractivity contribution is -0.318. The number of halogens is 1. The van der Waals surface area contributed by atoms with Crippen LogP contribution in [0.4, 0.5) is 0 Å². The van der Waals surface area contributed by atoms with E-state index in [1.54, 1.807) is 0 Å². The number of aliphatic hydroxyl groups excluding tert-OH is 6. The number of aromatic amines is 1. The van der Waals surface area contributed by atoms with Crippen LogP contribution in [0.25, 0.3) is 0 Å². The van der Waals surface area contributed by atoms with Gasteiger partial charge in [0.05, 0.1) is 17.7 Å². The van der Waals surface area contributed by atoms with Gasteiger partial charge in [-0.2, -0.15) is 0 Å². The second kappa shape index (κ2) is 8.89. The molecule has 0 bridgehead atoms. The van der Waals surface area contributed by atoms with Crippen LogP contribution in [0.15, 0.2) is 20.3 Å². The monoisotopic (exact) mass is 484 g/mol. The van der Waals surface area contributed by atoms with E-state index in [-0.39, 0.29) is 4.47 Å². The Hall–Kier alpha value is -1.20. The van der Waals surface area contributed by atoms with Crippen molar-refractivity contribution in [1.29, 1.82) is 0 Å². The Morgan fingerprint density at radius 3 is 2.28 bits per heavy atom. The third kappa shape index (κ3) is 4.18. The van der Waals surface area contributed by atoms with E-state index in [2.05, 4.69) is 15.9 Å². The minimum Gasteiger partial charge on any atom is -0.394 e. The van der Waals surface area contributed by atoms with Crippen LogP contribution in [0.3, 0.4) is 0 Å². The summed E-state index contributed by atoms with van der Waals surface area (Å²) in [6, 6.07) is 0. The Kier molecular flexibility index (Phi) is 6.89. The smallest absolute Gasteiger partial charge is 0.330 e. The largest absolute Gasteiger partial charge is 0.394 e. The molecule has 0 unspecified atom stereocenters. The predicted octanol–water partition coefficient (Wildman–Crippen LogP) is -4.27. The van der Waals surface area contributed by atoms with Crippen LogP contribution in [0.1, 0.15) is 6.23 Å². The molecular formula is C15H21BrN2O11. The lowest BCUT2D eigenvalue weighted by atomic mass is 9.99. The molecule has 0 amide bonds. The molecule has 29 heavy (non-hydrogen) atoms. The summed E-state index contributed by atoms with van der Waals surface area (Å²) in [7, 11) is 0. The second-order valence-electron chi connectivity index (χ2n) is 6.68. The molecule has 0 aromatic carbocycles. The summed E-state index contributed by atoms with van der Waals surface area (Å²) in [4.78, 5) is 25.6. The molecule has 3 heterocycles. The molecule has 13 nitrogen and oxygen atoms in total. The Labute approximate surface area is 170 Å². The first kappa shape index (κ1) is 22.5. The van der Waals surface area contributed by atoms with Crippen LogP contribution >= 0.6 is 15.9 Å². The average Bonchev–Trinajstić information content (AvgIpc) is 3.00. The Balaban J connectivity index is 1.83. The number of rotatable bonds is 5. The van der Waals surface area contributed by atoms with Crippen molar-refractivity contribution < 1.29 is 44.8 Å². The van der Waals surface area contributed by atoms with Crippen molar-refractivity contribution in [2.24, 2.45) is 0 Å². The summed E-state index contributed by atoms with van der Waals surface area (Å²) < 4.78 is 17.1. The molecule has 3 rings (SSSR count). The Morgan fingerprint density at radius 2 is 1.66 bits per heavy atom. The van der Waals surface area contributed by atoms with Crippen LogP contribution in [0, 0.1) is 0 Å². The van der Waals surface area contributed by atoms with E-state index in [1.165, 1.54) is 0 Å². The SMILES string of the molecule is O=c1[nH]c(=O)n([C@@H]2O[C@@H](CO)[C@@H](O[C@@H]3O[C@@H](CO)[C@H](O)[C@@H](O)[C@@H]3O)[C@@H]2O)cc1Br. The van der Waals surface area contributed by atoms with Gasteiger partial charge in [-0.25, -0.2) is 4.79 Å². The molecule has 164 valence electrons. The summed E-state index contributed by atoms with van der Waals surface area (Å²) in [5.41, 5.74) is -1.57. The quantitative estimate of drug-likeness (QED) is 0.213. The van der Waals surface area contributed by atoms with Gasteiger partial charge in [0.15, 0.2) is 12.5 Å². The van der Waals surface area contributed by atoms with Gasteiger partial charge >= 0.3 is 5.69 Å². The van der Waals surface area contributed by atoms with E-state index in [0.717, 1.165) is 10.8 Å². The molecule has 2 aliphatic heterocycles. The fourth-order valence-electron chi connectivity index (χ4n) is 3.25. The molecule has 2 aliphatic rings. The van der Waals surface area contributed by atoms with Gasteiger partial charge in [0.1, 0.15) is 42.7 Å². The maximum Gasteiger partial charge on any atom is 0.330 e. The maximum atomic E-state index is 12.1. The van der Waals surface area contributed by atoms with Crippen molar-refractivity contribution in [2.75, 3.05) is 13.2 Å². The number of aromatic nitrogens is 2. The van der Waals surface area contributed by atoms with E-state index >= 15 is 0 Å². The van der Waals surface area contributed by atoms with Crippen LogP contribution in [0.5, 0.6) is 0 Å². The van der Waals surface area contributed by atoms with Crippen LogP contribution in [-0.2, 0) is 14.2 Å². The van der Waals surface area contributed by atoms with E-state index in [9.17, 15) is 40.2 Å². The summed E-state index contributed by atoms with van der Waals surface area (Å²) in [5, 5.41) is 59.2. The highest BCUT2D eigenvalue weighted by Crippen LogP contribution is 2.33. The number of nitrogens with one attached hydrogen (secondary N) is 1. The molecule has 7 N–H and O–H groups in total. The first-order valence-electron chi connectivity index (χ1n) is 8.61. The van der Waals surface area contributed by atoms with E-state index in [0.29, 0.717) is 0 Å². The fraction of sp³-hybridized carbons (Fsp3) is 0.733. The average molecular weight is 485 g/mol. The van der Waals surface area contributed by atoms with Gasteiger partial charge in [-0.05, 0) is 15.9 Å². The minimum atomic E-state index is -1.73. The number of ether oxygens (including phenoxy) is 3. The Morgan fingerprint density at radius 1 is 1.00 bits per heavy atom. The highest BCUT2D eigenvalue weighted by atomic mass is 79.9. The first-order chi connectivity index (χ1) is 13.7. The summed E-state index contributed by atoms with van der Waals surface area (Å²) in [5.74, 6) is 0. The maximum absolute atomic E-state index is 12.1. The van der Waals surface area contributed by atoms with Gasteiger partial charge in [-0.3, -0.25) is 14.3 Å². The number of aliphatic hydroxyl groups is 6. The fourth-order valence-corrected chi connectivity index (χ4v) is 3.57. The minimum absolute atomic E-state index is 0.00764. The van der Waals surface area contributed by atoms with Gasteiger partial charge in [0, 0.05) is 6.20 Å². The summed E-state index contributed by atoms with van der Waals surface area (Å²) >= 11 is 2.96. The molecule has 1 aromatic rings. The second-order valence-corrected chi connectivity index (χ2v) is 7.53. The lowest BCUT2D eigenvalue weighted by Gasteiger charge is -2.41. The topological polar surface area (TPSA) is 204 Å². The summed E-state index contributed by atoms with van der Waals surface area (Å²) in [6.45, 7) is -1.32. The van der Waals surface area contributed by atoms with Crippen molar-refractivity contribution in [1.82, 2.24) is 9.55 Å². The third-order valence-electron chi connectivity index (χ3n) is 4.83. The molecule has 0 saturated carbocycles. The van der Waals surface area contributed by atoms with Gasteiger partial charge in [-0.1, -0.05) is 0 Å².